The summed E-state index contributed by atoms with van der Waals surface area (Å²) in [5.41, 5.74) is 13.6. The van der Waals surface area contributed by atoms with Gasteiger partial charge in [0, 0.05) is 54.7 Å². The summed E-state index contributed by atoms with van der Waals surface area (Å²) in [7, 11) is -3.22. The van der Waals surface area contributed by atoms with E-state index in [0.29, 0.717) is 17.6 Å². The van der Waals surface area contributed by atoms with Crippen molar-refractivity contribution in [2.45, 2.75) is 0 Å². The minimum atomic E-state index is -3.22. The molecule has 0 aliphatic carbocycles. The smallest absolute Gasteiger partial charge is 0.238 e. The standard InChI is InChI=1S/C80H53N7Si/c1-7-26-54(27-8-1)69-51-58(52-75(81-69)87-71-44-23-19-40-64(71)66-47-49-74-76(77(66)87)67-42-21-24-45-72(67)85(74)59-33-13-4-14-34-59)57-32-25-39-62(50-57)88(60-35-15-5-16-36-60,61-37-17-6-18-38-61)63-46-48-73-68(53-63)65-41-20-22-43-70(65)86(73)80-83-78(55-28-9-2-10-29-55)82-79(84-80)56-30-11-3-12-31-56/h1-53H. The maximum Gasteiger partial charge on any atom is 0.238 e. The summed E-state index contributed by atoms with van der Waals surface area (Å²) in [5.74, 6) is 2.63. The lowest BCUT2D eigenvalue weighted by Crippen LogP contribution is -2.74. The van der Waals surface area contributed by atoms with E-state index in [1.54, 1.807) is 0 Å². The number of pyridine rings is 1. The van der Waals surface area contributed by atoms with Crippen molar-refractivity contribution in [3.8, 4) is 62.6 Å². The summed E-state index contributed by atoms with van der Waals surface area (Å²) in [6.07, 6.45) is 0. The van der Waals surface area contributed by atoms with Gasteiger partial charge < -0.3 is 4.57 Å². The molecule has 7 nitrogen and oxygen atoms in total. The summed E-state index contributed by atoms with van der Waals surface area (Å²) in [4.78, 5) is 21.3. The van der Waals surface area contributed by atoms with Gasteiger partial charge in [0.1, 0.15) is 5.82 Å². The molecule has 0 saturated carbocycles. The van der Waals surface area contributed by atoms with Crippen LogP contribution in [0.4, 0.5) is 0 Å². The zero-order valence-electron chi connectivity index (χ0n) is 47.7. The SMILES string of the molecule is c1ccc(-c2cc(-c3cccc([Si](c4ccccc4)(c4ccccc4)c4ccc5c(c4)c4ccccc4n5-c4nc(-c5ccccc5)nc(-c5ccccc5)n4)c3)cc(-n3c4ccccc4c4ccc5c(c6ccccc6n5-c5ccccc5)c43)n2)cc1. The van der Waals surface area contributed by atoms with Crippen LogP contribution in [0.15, 0.2) is 322 Å². The molecule has 17 rings (SSSR count). The summed E-state index contributed by atoms with van der Waals surface area (Å²) in [6.45, 7) is 0. The number of para-hydroxylation sites is 4. The highest BCUT2D eigenvalue weighted by atomic mass is 28.3. The fraction of sp³-hybridized carbons (Fsp3) is 0. The van der Waals surface area contributed by atoms with Gasteiger partial charge in [-0.1, -0.05) is 267 Å². The lowest BCUT2D eigenvalue weighted by Gasteiger charge is -2.35. The Kier molecular flexibility index (Phi) is 12.1. The van der Waals surface area contributed by atoms with E-state index in [9.17, 15) is 0 Å². The predicted octanol–water partition coefficient (Wildman–Crippen LogP) is 16.6. The molecule has 5 aromatic heterocycles. The minimum Gasteiger partial charge on any atom is -0.309 e. The number of hydrogen-bond acceptors (Lipinski definition) is 4. The summed E-state index contributed by atoms with van der Waals surface area (Å²) >= 11 is 0. The zero-order chi connectivity index (χ0) is 58.1. The highest BCUT2D eigenvalue weighted by molar-refractivity contribution is 7.20. The monoisotopic (exact) mass is 1140 g/mol. The van der Waals surface area contributed by atoms with Crippen LogP contribution in [0.25, 0.3) is 128 Å². The number of benzene rings is 12. The molecule has 0 spiro atoms. The topological polar surface area (TPSA) is 66.3 Å². The fourth-order valence-corrected chi connectivity index (χ4v) is 18.6. The van der Waals surface area contributed by atoms with Crippen LogP contribution in [-0.2, 0) is 0 Å². The number of hydrogen-bond donors (Lipinski definition) is 0. The number of nitrogens with zero attached hydrogens (tertiary/aromatic N) is 7. The van der Waals surface area contributed by atoms with Gasteiger partial charge in [-0.05, 0) is 86.5 Å². The van der Waals surface area contributed by atoms with Crippen LogP contribution in [0.1, 0.15) is 0 Å². The first-order chi connectivity index (χ1) is 43.7. The van der Waals surface area contributed by atoms with Gasteiger partial charge in [0.25, 0.3) is 0 Å². The second kappa shape index (κ2) is 20.9. The Morgan fingerprint density at radius 3 is 1.34 bits per heavy atom. The van der Waals surface area contributed by atoms with Crippen LogP contribution >= 0.6 is 0 Å². The van der Waals surface area contributed by atoms with Crippen molar-refractivity contribution >= 4 is 94.2 Å². The average molecular weight is 1140 g/mol. The number of aromatic nitrogens is 7. The molecule has 0 aliphatic heterocycles. The molecule has 12 aromatic carbocycles. The van der Waals surface area contributed by atoms with E-state index in [1.165, 1.54) is 42.3 Å². The summed E-state index contributed by atoms with van der Waals surface area (Å²) < 4.78 is 7.05. The molecule has 0 radical (unpaired) electrons. The average Bonchev–Trinajstić information content (AvgIpc) is 1.57. The first-order valence-electron chi connectivity index (χ1n) is 29.9. The van der Waals surface area contributed by atoms with E-state index in [2.05, 4.69) is 299 Å². The minimum absolute atomic E-state index is 0.560. The third-order valence-corrected chi connectivity index (χ3v) is 22.4. The zero-order valence-corrected chi connectivity index (χ0v) is 48.7. The highest BCUT2D eigenvalue weighted by Crippen LogP contribution is 2.43. The van der Waals surface area contributed by atoms with Crippen LogP contribution in [0.5, 0.6) is 0 Å². The van der Waals surface area contributed by atoms with Crippen molar-refractivity contribution in [1.82, 2.24) is 33.6 Å². The lowest BCUT2D eigenvalue weighted by molar-refractivity contribution is 0.953. The van der Waals surface area contributed by atoms with E-state index >= 15 is 0 Å². The van der Waals surface area contributed by atoms with Gasteiger partial charge in [0.15, 0.2) is 19.7 Å². The van der Waals surface area contributed by atoms with Crippen molar-refractivity contribution in [1.29, 1.82) is 0 Å². The van der Waals surface area contributed by atoms with Crippen LogP contribution in [0, 0.1) is 0 Å². The third kappa shape index (κ3) is 8.18. The van der Waals surface area contributed by atoms with Gasteiger partial charge in [-0.25, -0.2) is 9.97 Å². The Morgan fingerprint density at radius 1 is 0.250 bits per heavy atom. The van der Waals surface area contributed by atoms with Crippen LogP contribution in [0.3, 0.4) is 0 Å². The molecular formula is C80H53N7Si. The summed E-state index contributed by atoms with van der Waals surface area (Å²) in [6, 6.07) is 116. The molecular weight excluding hydrogens is 1090 g/mol. The lowest BCUT2D eigenvalue weighted by atomic mass is 10.0. The van der Waals surface area contributed by atoms with Crippen molar-refractivity contribution in [2.24, 2.45) is 0 Å². The Morgan fingerprint density at radius 2 is 0.716 bits per heavy atom. The second-order valence-corrected chi connectivity index (χ2v) is 26.3. The van der Waals surface area contributed by atoms with Gasteiger partial charge in [-0.15, -0.1) is 0 Å². The molecule has 0 bridgehead atoms. The van der Waals surface area contributed by atoms with Gasteiger partial charge >= 0.3 is 0 Å². The van der Waals surface area contributed by atoms with E-state index in [0.717, 1.165) is 88.9 Å². The molecule has 8 heteroatoms. The molecule has 0 N–H and O–H groups in total. The molecule has 0 unspecified atom stereocenters. The highest BCUT2D eigenvalue weighted by Gasteiger charge is 2.42. The van der Waals surface area contributed by atoms with Gasteiger partial charge in [0.05, 0.1) is 38.8 Å². The van der Waals surface area contributed by atoms with E-state index in [4.69, 9.17) is 19.9 Å². The molecule has 88 heavy (non-hydrogen) atoms. The molecule has 0 saturated heterocycles. The van der Waals surface area contributed by atoms with E-state index in [1.807, 2.05) is 36.4 Å². The first kappa shape index (κ1) is 50.9. The largest absolute Gasteiger partial charge is 0.309 e. The van der Waals surface area contributed by atoms with Crippen molar-refractivity contribution in [3.63, 3.8) is 0 Å². The molecule has 5 heterocycles. The normalized spacial score (nSPS) is 11.9. The Hall–Kier alpha value is -11.6. The predicted molar refractivity (Wildman–Crippen MR) is 366 cm³/mol. The van der Waals surface area contributed by atoms with Crippen molar-refractivity contribution in [3.05, 3.63) is 322 Å². The van der Waals surface area contributed by atoms with Gasteiger partial charge in [-0.2, -0.15) is 9.97 Å². The second-order valence-electron chi connectivity index (χ2n) is 22.5. The van der Waals surface area contributed by atoms with Crippen LogP contribution in [0.2, 0.25) is 0 Å². The first-order valence-corrected chi connectivity index (χ1v) is 31.9. The Bertz CT molecular complexity index is 5390. The Labute approximate surface area is 509 Å². The fourth-order valence-electron chi connectivity index (χ4n) is 13.8. The van der Waals surface area contributed by atoms with Crippen molar-refractivity contribution in [2.75, 3.05) is 0 Å². The molecule has 17 aromatic rings. The van der Waals surface area contributed by atoms with Crippen LogP contribution in [-0.4, -0.2) is 41.7 Å². The molecule has 412 valence electrons. The van der Waals surface area contributed by atoms with E-state index < -0.39 is 8.07 Å². The Balaban J connectivity index is 0.903. The molecule has 0 fully saturated rings. The third-order valence-electron chi connectivity index (χ3n) is 17.6. The quantitative estimate of drug-likeness (QED) is 0.0956. The number of rotatable bonds is 11. The molecule has 0 atom stereocenters. The molecule has 0 amide bonds. The maximum absolute atomic E-state index is 5.71. The maximum atomic E-state index is 5.71. The van der Waals surface area contributed by atoms with Gasteiger partial charge in [0.2, 0.25) is 5.95 Å². The number of fused-ring (bicyclic) bond motifs is 10. The van der Waals surface area contributed by atoms with E-state index in [-0.39, 0.29) is 0 Å². The molecule has 0 aliphatic rings. The van der Waals surface area contributed by atoms with Crippen molar-refractivity contribution < 1.29 is 0 Å². The summed E-state index contributed by atoms with van der Waals surface area (Å²) in [5, 5.41) is 12.0. The van der Waals surface area contributed by atoms with Gasteiger partial charge in [-0.3, -0.25) is 9.13 Å². The van der Waals surface area contributed by atoms with Crippen LogP contribution < -0.4 is 20.7 Å².